The van der Waals surface area contributed by atoms with Crippen LogP contribution >= 0.6 is 11.3 Å². The average molecular weight is 307 g/mol. The molecule has 19 heavy (non-hydrogen) atoms. The number of hydrogen-bond donors (Lipinski definition) is 2. The van der Waals surface area contributed by atoms with Crippen LogP contribution in [-0.2, 0) is 14.8 Å². The van der Waals surface area contributed by atoms with E-state index in [0.717, 1.165) is 6.26 Å². The molecule has 0 saturated heterocycles. The van der Waals surface area contributed by atoms with Crippen molar-refractivity contribution in [3.05, 3.63) is 11.2 Å². The maximum Gasteiger partial charge on any atom is 0.360 e. The number of sulfonamides is 1. The first-order valence-electron chi connectivity index (χ1n) is 5.73. The van der Waals surface area contributed by atoms with E-state index in [1.54, 1.807) is 12.4 Å². The van der Waals surface area contributed by atoms with Gasteiger partial charge in [0.05, 0.1) is 18.4 Å². The highest BCUT2D eigenvalue weighted by atomic mass is 32.2. The molecule has 0 spiro atoms. The van der Waals surface area contributed by atoms with Gasteiger partial charge in [-0.2, -0.15) is 0 Å². The third-order valence-electron chi connectivity index (χ3n) is 2.04. The van der Waals surface area contributed by atoms with Crippen molar-refractivity contribution in [2.75, 3.05) is 31.3 Å². The van der Waals surface area contributed by atoms with Gasteiger partial charge in [0.25, 0.3) is 0 Å². The number of ether oxygens (including phenoxy) is 1. The van der Waals surface area contributed by atoms with Gasteiger partial charge in [0.15, 0.2) is 5.69 Å². The summed E-state index contributed by atoms with van der Waals surface area (Å²) in [4.78, 5) is 15.5. The molecule has 1 aromatic heterocycles. The number of rotatable bonds is 8. The van der Waals surface area contributed by atoms with Crippen LogP contribution in [0.3, 0.4) is 0 Å². The number of thiazole rings is 1. The molecule has 9 heteroatoms. The topological polar surface area (TPSA) is 97.4 Å². The van der Waals surface area contributed by atoms with E-state index in [0.29, 0.717) is 31.1 Å². The number of esters is 1. The lowest BCUT2D eigenvalue weighted by atomic mass is 10.4. The van der Waals surface area contributed by atoms with Gasteiger partial charge < -0.3 is 10.1 Å². The van der Waals surface area contributed by atoms with E-state index in [2.05, 4.69) is 15.0 Å². The van der Waals surface area contributed by atoms with E-state index in [1.165, 1.54) is 11.3 Å². The third kappa shape index (κ3) is 5.99. The van der Waals surface area contributed by atoms with Crippen LogP contribution < -0.4 is 10.0 Å². The lowest BCUT2D eigenvalue weighted by Gasteiger charge is -2.06. The first-order chi connectivity index (χ1) is 8.94. The number of nitrogens with one attached hydrogen (secondary N) is 2. The van der Waals surface area contributed by atoms with Gasteiger partial charge in [0.2, 0.25) is 10.0 Å². The van der Waals surface area contributed by atoms with Crippen molar-refractivity contribution >= 4 is 32.3 Å². The van der Waals surface area contributed by atoms with Gasteiger partial charge >= 0.3 is 5.97 Å². The molecule has 1 rings (SSSR count). The van der Waals surface area contributed by atoms with Crippen LogP contribution in [0.5, 0.6) is 0 Å². The summed E-state index contributed by atoms with van der Waals surface area (Å²) >= 11 is 1.31. The van der Waals surface area contributed by atoms with Gasteiger partial charge in [-0.1, -0.05) is 0 Å². The Bertz CT molecular complexity index is 513. The maximum absolute atomic E-state index is 11.5. The summed E-state index contributed by atoms with van der Waals surface area (Å²) in [5, 5.41) is 3.68. The van der Waals surface area contributed by atoms with Crippen molar-refractivity contribution in [2.45, 2.75) is 13.3 Å². The maximum atomic E-state index is 11.5. The molecule has 108 valence electrons. The quantitative estimate of drug-likeness (QED) is 0.541. The Morgan fingerprint density at radius 1 is 1.47 bits per heavy atom. The first kappa shape index (κ1) is 15.9. The zero-order valence-electron chi connectivity index (χ0n) is 10.8. The monoisotopic (exact) mass is 307 g/mol. The number of anilines is 1. The van der Waals surface area contributed by atoms with E-state index in [4.69, 9.17) is 4.74 Å². The highest BCUT2D eigenvalue weighted by molar-refractivity contribution is 7.88. The van der Waals surface area contributed by atoms with E-state index < -0.39 is 16.0 Å². The molecule has 2 N–H and O–H groups in total. The Kier molecular flexibility index (Phi) is 6.19. The Hall–Kier alpha value is -1.19. The Morgan fingerprint density at radius 3 is 2.84 bits per heavy atom. The zero-order chi connectivity index (χ0) is 14.3. The van der Waals surface area contributed by atoms with Crippen LogP contribution in [0.25, 0.3) is 0 Å². The minimum atomic E-state index is -3.15. The first-order valence-corrected chi connectivity index (χ1v) is 8.50. The minimum Gasteiger partial charge on any atom is -0.461 e. The molecule has 7 nitrogen and oxygen atoms in total. The molecule has 0 fully saturated rings. The minimum absolute atomic E-state index is 0.267. The lowest BCUT2D eigenvalue weighted by Crippen LogP contribution is -2.24. The lowest BCUT2D eigenvalue weighted by molar-refractivity contribution is 0.0521. The molecule has 0 amide bonds. The van der Waals surface area contributed by atoms with Crippen LogP contribution in [0.1, 0.15) is 23.8 Å². The summed E-state index contributed by atoms with van der Waals surface area (Å²) in [5.74, 6) is -0.458. The Balaban J connectivity index is 2.38. The highest BCUT2D eigenvalue weighted by Crippen LogP contribution is 2.20. The van der Waals surface area contributed by atoms with Crippen LogP contribution in [0, 0.1) is 0 Å². The molecule has 0 bridgehead atoms. The molecule has 0 aliphatic rings. The molecule has 0 aliphatic heterocycles. The summed E-state index contributed by atoms with van der Waals surface area (Å²) in [6, 6.07) is 0. The normalized spacial score (nSPS) is 11.3. The van der Waals surface area contributed by atoms with Crippen LogP contribution in [0.2, 0.25) is 0 Å². The summed E-state index contributed by atoms with van der Waals surface area (Å²) < 4.78 is 28.9. The van der Waals surface area contributed by atoms with Gasteiger partial charge in [0.1, 0.15) is 5.00 Å². The predicted molar refractivity (Wildman–Crippen MR) is 74.0 cm³/mol. The molecule has 1 heterocycles. The summed E-state index contributed by atoms with van der Waals surface area (Å²) in [6.07, 6.45) is 1.72. The highest BCUT2D eigenvalue weighted by Gasteiger charge is 2.15. The standard InChI is InChI=1S/C10H17N3O4S2/c1-3-17-10(14)8-9(18-7-12-8)11-5-4-6-13-19(2,15)16/h7,11,13H,3-6H2,1-2H3. The number of hydrogen-bond acceptors (Lipinski definition) is 7. The zero-order valence-corrected chi connectivity index (χ0v) is 12.4. The van der Waals surface area contributed by atoms with Crippen molar-refractivity contribution in [1.82, 2.24) is 9.71 Å². The summed E-state index contributed by atoms with van der Waals surface area (Å²) in [5.41, 5.74) is 1.83. The van der Waals surface area contributed by atoms with Crippen molar-refractivity contribution in [1.29, 1.82) is 0 Å². The second kappa shape index (κ2) is 7.41. The van der Waals surface area contributed by atoms with Crippen molar-refractivity contribution in [3.63, 3.8) is 0 Å². The van der Waals surface area contributed by atoms with Crippen LogP contribution in [-0.4, -0.2) is 45.3 Å². The largest absolute Gasteiger partial charge is 0.461 e. The molecular formula is C10H17N3O4S2. The molecule has 0 aromatic carbocycles. The summed E-state index contributed by atoms with van der Waals surface area (Å²) in [6.45, 7) is 2.92. The van der Waals surface area contributed by atoms with E-state index in [1.807, 2.05) is 0 Å². The molecule has 1 aromatic rings. The molecule has 0 unspecified atom stereocenters. The van der Waals surface area contributed by atoms with E-state index >= 15 is 0 Å². The van der Waals surface area contributed by atoms with Crippen molar-refractivity contribution < 1.29 is 17.9 Å². The van der Waals surface area contributed by atoms with Gasteiger partial charge in [0, 0.05) is 13.1 Å². The number of aromatic nitrogens is 1. The molecule has 0 atom stereocenters. The van der Waals surface area contributed by atoms with Crippen molar-refractivity contribution in [2.24, 2.45) is 0 Å². The average Bonchev–Trinajstić information content (AvgIpc) is 2.75. The van der Waals surface area contributed by atoms with Crippen LogP contribution in [0.15, 0.2) is 5.51 Å². The second-order valence-corrected chi connectivity index (χ2v) is 6.39. The van der Waals surface area contributed by atoms with Crippen LogP contribution in [0.4, 0.5) is 5.00 Å². The molecular weight excluding hydrogens is 290 g/mol. The van der Waals surface area contributed by atoms with Gasteiger partial charge in [-0.05, 0) is 13.3 Å². The molecule has 0 saturated carbocycles. The third-order valence-corrected chi connectivity index (χ3v) is 3.55. The smallest absolute Gasteiger partial charge is 0.360 e. The summed E-state index contributed by atoms with van der Waals surface area (Å²) in [7, 11) is -3.15. The van der Waals surface area contributed by atoms with E-state index in [-0.39, 0.29) is 5.69 Å². The predicted octanol–water partition coefficient (Wildman–Crippen LogP) is 0.671. The molecule has 0 aliphatic carbocycles. The van der Waals surface area contributed by atoms with E-state index in [9.17, 15) is 13.2 Å². The van der Waals surface area contributed by atoms with Gasteiger partial charge in [-0.25, -0.2) is 22.9 Å². The molecule has 0 radical (unpaired) electrons. The Morgan fingerprint density at radius 2 is 2.21 bits per heavy atom. The fourth-order valence-corrected chi connectivity index (χ4v) is 2.48. The van der Waals surface area contributed by atoms with Gasteiger partial charge in [-0.3, -0.25) is 0 Å². The van der Waals surface area contributed by atoms with Gasteiger partial charge in [-0.15, -0.1) is 11.3 Å². The number of nitrogens with zero attached hydrogens (tertiary/aromatic N) is 1. The second-order valence-electron chi connectivity index (χ2n) is 3.70. The fraction of sp³-hybridized carbons (Fsp3) is 0.600. The fourth-order valence-electron chi connectivity index (χ4n) is 1.26. The number of carbonyl (C=O) groups excluding carboxylic acids is 1. The number of carbonyl (C=O) groups is 1. The van der Waals surface area contributed by atoms with Crippen molar-refractivity contribution in [3.8, 4) is 0 Å². The SMILES string of the molecule is CCOC(=O)c1ncsc1NCCCNS(C)(=O)=O. The Labute approximate surface area is 116 Å².